The van der Waals surface area contributed by atoms with E-state index in [0.29, 0.717) is 12.1 Å². The third kappa shape index (κ3) is 4.20. The lowest BCUT2D eigenvalue weighted by molar-refractivity contribution is 0.0950. The number of fused-ring (bicyclic) bond motifs is 1. The molecule has 140 valence electrons. The van der Waals surface area contributed by atoms with Crippen LogP contribution in [0.15, 0.2) is 79.3 Å². The van der Waals surface area contributed by atoms with Crippen molar-refractivity contribution in [3.8, 4) is 0 Å². The summed E-state index contributed by atoms with van der Waals surface area (Å²) >= 11 is 0. The number of aromatic nitrogens is 2. The number of hydrogen-bond donors (Lipinski definition) is 3. The molecule has 28 heavy (non-hydrogen) atoms. The molecule has 0 atom stereocenters. The first kappa shape index (κ1) is 17.8. The van der Waals surface area contributed by atoms with E-state index in [1.165, 1.54) is 10.9 Å². The van der Waals surface area contributed by atoms with Gasteiger partial charge in [0.1, 0.15) is 0 Å². The number of rotatable bonds is 7. The molecule has 1 amide bonds. The molecule has 0 bridgehead atoms. The molecule has 0 aliphatic carbocycles. The molecule has 0 fully saturated rings. The van der Waals surface area contributed by atoms with Crippen LogP contribution in [0.2, 0.25) is 0 Å². The number of anilines is 1. The van der Waals surface area contributed by atoms with E-state index in [0.717, 1.165) is 29.7 Å². The predicted octanol–water partition coefficient (Wildman–Crippen LogP) is 4.15. The van der Waals surface area contributed by atoms with Gasteiger partial charge in [-0.3, -0.25) is 9.78 Å². The summed E-state index contributed by atoms with van der Waals surface area (Å²) in [6.45, 7) is 1.26. The Bertz CT molecular complexity index is 1070. The third-order valence-corrected chi connectivity index (χ3v) is 4.69. The maximum atomic E-state index is 12.4. The molecule has 5 heteroatoms. The molecule has 0 unspecified atom stereocenters. The molecule has 0 radical (unpaired) electrons. The Morgan fingerprint density at radius 2 is 1.82 bits per heavy atom. The molecule has 0 spiro atoms. The fourth-order valence-electron chi connectivity index (χ4n) is 3.22. The normalized spacial score (nSPS) is 10.7. The van der Waals surface area contributed by atoms with Gasteiger partial charge in [0.25, 0.3) is 5.91 Å². The standard InChI is InChI=1S/C23H22N4O/c28-23(27-13-17-6-2-1-3-7-17)19-12-20(16-24-14-19)25-11-10-18-15-26-22-9-5-4-8-21(18)22/h1-9,12,14-16,25-26H,10-11,13H2,(H,27,28). The van der Waals surface area contributed by atoms with Crippen molar-refractivity contribution >= 4 is 22.5 Å². The van der Waals surface area contributed by atoms with E-state index in [-0.39, 0.29) is 5.91 Å². The quantitative estimate of drug-likeness (QED) is 0.458. The molecular weight excluding hydrogens is 348 g/mol. The Hall–Kier alpha value is -3.60. The van der Waals surface area contributed by atoms with Crippen LogP contribution in [0.4, 0.5) is 5.69 Å². The van der Waals surface area contributed by atoms with Crippen LogP contribution in [-0.4, -0.2) is 22.4 Å². The van der Waals surface area contributed by atoms with E-state index in [1.807, 2.05) is 42.5 Å². The summed E-state index contributed by atoms with van der Waals surface area (Å²) in [6, 6.07) is 20.0. The molecule has 3 N–H and O–H groups in total. The minimum Gasteiger partial charge on any atom is -0.383 e. The smallest absolute Gasteiger partial charge is 0.253 e. The van der Waals surface area contributed by atoms with Crippen molar-refractivity contribution in [2.45, 2.75) is 13.0 Å². The number of H-pyrrole nitrogens is 1. The highest BCUT2D eigenvalue weighted by molar-refractivity contribution is 5.94. The van der Waals surface area contributed by atoms with Crippen LogP contribution >= 0.6 is 0 Å². The van der Waals surface area contributed by atoms with E-state index in [9.17, 15) is 4.79 Å². The number of nitrogens with zero attached hydrogens (tertiary/aromatic N) is 1. The Labute approximate surface area is 163 Å². The topological polar surface area (TPSA) is 69.8 Å². The van der Waals surface area contributed by atoms with E-state index in [2.05, 4.69) is 45.0 Å². The van der Waals surface area contributed by atoms with E-state index in [1.54, 1.807) is 12.4 Å². The van der Waals surface area contributed by atoms with E-state index >= 15 is 0 Å². The first-order chi connectivity index (χ1) is 13.8. The lowest BCUT2D eigenvalue weighted by Crippen LogP contribution is -2.23. The first-order valence-corrected chi connectivity index (χ1v) is 9.35. The average Bonchev–Trinajstić information content (AvgIpc) is 3.16. The SMILES string of the molecule is O=C(NCc1ccccc1)c1cncc(NCCc2c[nH]c3ccccc23)c1. The number of carbonyl (C=O) groups excluding carboxylic acids is 1. The lowest BCUT2D eigenvalue weighted by atomic mass is 10.1. The fourth-order valence-corrected chi connectivity index (χ4v) is 3.22. The molecule has 0 saturated heterocycles. The number of hydrogen-bond acceptors (Lipinski definition) is 3. The number of para-hydroxylation sites is 1. The van der Waals surface area contributed by atoms with Gasteiger partial charge in [0.15, 0.2) is 0 Å². The summed E-state index contributed by atoms with van der Waals surface area (Å²) < 4.78 is 0. The lowest BCUT2D eigenvalue weighted by Gasteiger charge is -2.09. The van der Waals surface area contributed by atoms with Gasteiger partial charge in [-0.05, 0) is 29.7 Å². The molecule has 2 heterocycles. The van der Waals surface area contributed by atoms with Gasteiger partial charge >= 0.3 is 0 Å². The van der Waals surface area contributed by atoms with Gasteiger partial charge in [0, 0.05) is 42.6 Å². The monoisotopic (exact) mass is 370 g/mol. The van der Waals surface area contributed by atoms with Gasteiger partial charge < -0.3 is 15.6 Å². The molecule has 5 nitrogen and oxygen atoms in total. The second-order valence-electron chi connectivity index (χ2n) is 6.67. The number of aromatic amines is 1. The van der Waals surface area contributed by atoms with Crippen molar-refractivity contribution in [2.75, 3.05) is 11.9 Å². The number of benzene rings is 2. The Kier molecular flexibility index (Phi) is 5.33. The Morgan fingerprint density at radius 1 is 1.00 bits per heavy atom. The molecule has 4 aromatic rings. The maximum absolute atomic E-state index is 12.4. The van der Waals surface area contributed by atoms with Crippen LogP contribution < -0.4 is 10.6 Å². The zero-order valence-corrected chi connectivity index (χ0v) is 15.5. The largest absolute Gasteiger partial charge is 0.383 e. The fraction of sp³-hybridized carbons (Fsp3) is 0.130. The minimum absolute atomic E-state index is 0.128. The summed E-state index contributed by atoms with van der Waals surface area (Å²) in [4.78, 5) is 19.9. The summed E-state index contributed by atoms with van der Waals surface area (Å²) in [5.41, 5.74) is 4.88. The second-order valence-corrected chi connectivity index (χ2v) is 6.67. The van der Waals surface area contributed by atoms with Crippen LogP contribution in [0, 0.1) is 0 Å². The molecule has 2 aromatic heterocycles. The van der Waals surface area contributed by atoms with Crippen LogP contribution in [-0.2, 0) is 13.0 Å². The predicted molar refractivity (Wildman–Crippen MR) is 112 cm³/mol. The maximum Gasteiger partial charge on any atom is 0.253 e. The third-order valence-electron chi connectivity index (χ3n) is 4.69. The van der Waals surface area contributed by atoms with Gasteiger partial charge in [-0.2, -0.15) is 0 Å². The summed E-state index contributed by atoms with van der Waals surface area (Å²) in [5, 5.41) is 7.54. The van der Waals surface area contributed by atoms with Crippen LogP contribution in [0.5, 0.6) is 0 Å². The molecule has 2 aromatic carbocycles. The number of amides is 1. The van der Waals surface area contributed by atoms with Crippen molar-refractivity contribution < 1.29 is 4.79 Å². The number of carbonyl (C=O) groups is 1. The molecule has 0 saturated carbocycles. The first-order valence-electron chi connectivity index (χ1n) is 9.35. The van der Waals surface area contributed by atoms with E-state index < -0.39 is 0 Å². The Morgan fingerprint density at radius 3 is 2.71 bits per heavy atom. The summed E-state index contributed by atoms with van der Waals surface area (Å²) in [7, 11) is 0. The highest BCUT2D eigenvalue weighted by Gasteiger charge is 2.07. The van der Waals surface area contributed by atoms with Crippen LogP contribution in [0.25, 0.3) is 10.9 Å². The molecule has 0 aliphatic heterocycles. The van der Waals surface area contributed by atoms with Crippen molar-refractivity contribution in [3.63, 3.8) is 0 Å². The zero-order chi connectivity index (χ0) is 19.2. The van der Waals surface area contributed by atoms with Crippen molar-refractivity contribution in [3.05, 3.63) is 95.9 Å². The van der Waals surface area contributed by atoms with Crippen molar-refractivity contribution in [1.82, 2.24) is 15.3 Å². The van der Waals surface area contributed by atoms with Crippen LogP contribution in [0.1, 0.15) is 21.5 Å². The van der Waals surface area contributed by atoms with Crippen molar-refractivity contribution in [2.24, 2.45) is 0 Å². The van der Waals surface area contributed by atoms with Gasteiger partial charge in [-0.1, -0.05) is 48.5 Å². The average molecular weight is 370 g/mol. The molecule has 0 aliphatic rings. The van der Waals surface area contributed by atoms with Crippen LogP contribution in [0.3, 0.4) is 0 Å². The van der Waals surface area contributed by atoms with Gasteiger partial charge in [0.2, 0.25) is 0 Å². The zero-order valence-electron chi connectivity index (χ0n) is 15.5. The van der Waals surface area contributed by atoms with Gasteiger partial charge in [-0.25, -0.2) is 0 Å². The van der Waals surface area contributed by atoms with Gasteiger partial charge in [0.05, 0.1) is 11.3 Å². The summed E-state index contributed by atoms with van der Waals surface area (Å²) in [6.07, 6.45) is 6.26. The number of nitrogens with one attached hydrogen (secondary N) is 3. The highest BCUT2D eigenvalue weighted by Crippen LogP contribution is 2.18. The minimum atomic E-state index is -0.128. The summed E-state index contributed by atoms with van der Waals surface area (Å²) in [5.74, 6) is -0.128. The molecule has 4 rings (SSSR count). The molecular formula is C23H22N4O. The second kappa shape index (κ2) is 8.39. The van der Waals surface area contributed by atoms with Gasteiger partial charge in [-0.15, -0.1) is 0 Å². The van der Waals surface area contributed by atoms with Crippen molar-refractivity contribution in [1.29, 1.82) is 0 Å². The number of pyridine rings is 1. The van der Waals surface area contributed by atoms with E-state index in [4.69, 9.17) is 0 Å². The highest BCUT2D eigenvalue weighted by atomic mass is 16.1. The Balaban J connectivity index is 1.33.